The Morgan fingerprint density at radius 1 is 0.980 bits per heavy atom. The quantitative estimate of drug-likeness (QED) is 0.220. The van der Waals surface area contributed by atoms with Crippen molar-refractivity contribution in [3.05, 3.63) is 105 Å². The number of nitrogens with zero attached hydrogens (tertiary/aromatic N) is 7. The zero-order valence-corrected chi connectivity index (χ0v) is 29.2. The van der Waals surface area contributed by atoms with E-state index in [0.717, 1.165) is 28.5 Å². The van der Waals surface area contributed by atoms with E-state index in [-0.39, 0.29) is 47.5 Å². The van der Waals surface area contributed by atoms with Crippen molar-refractivity contribution in [2.75, 3.05) is 25.0 Å². The Hall–Kier alpha value is -5.92. The van der Waals surface area contributed by atoms with Crippen molar-refractivity contribution in [2.24, 2.45) is 5.92 Å². The van der Waals surface area contributed by atoms with Gasteiger partial charge in [0.25, 0.3) is 11.5 Å². The molecule has 51 heavy (non-hydrogen) atoms. The van der Waals surface area contributed by atoms with Gasteiger partial charge in [-0.15, -0.1) is 5.10 Å². The number of aromatic nitrogens is 6. The van der Waals surface area contributed by atoms with E-state index in [4.69, 9.17) is 4.74 Å². The molecule has 1 N–H and O–H groups in total. The highest BCUT2D eigenvalue weighted by Gasteiger charge is 2.28. The van der Waals surface area contributed by atoms with Crippen LogP contribution in [-0.4, -0.2) is 71.3 Å². The molecule has 2 amide bonds. The lowest BCUT2D eigenvalue weighted by atomic mass is 9.88. The third-order valence-corrected chi connectivity index (χ3v) is 9.02. The van der Waals surface area contributed by atoms with Gasteiger partial charge in [-0.2, -0.15) is 0 Å². The Bertz CT molecular complexity index is 2210. The number of carbonyl (C=O) groups is 3. The molecule has 0 saturated carbocycles. The van der Waals surface area contributed by atoms with Gasteiger partial charge in [-0.25, -0.2) is 23.7 Å². The lowest BCUT2D eigenvalue weighted by Crippen LogP contribution is -2.43. The van der Waals surface area contributed by atoms with Crippen LogP contribution < -0.4 is 16.6 Å². The molecule has 5 aromatic rings. The second-order valence-corrected chi connectivity index (χ2v) is 13.1. The zero-order chi connectivity index (χ0) is 36.4. The number of fused-ring (bicyclic) bond motifs is 1. The molecule has 0 radical (unpaired) electrons. The number of hydrogen-bond acceptors (Lipinski definition) is 9. The normalized spacial score (nSPS) is 13.6. The first-order valence-electron chi connectivity index (χ1n) is 17.0. The van der Waals surface area contributed by atoms with Crippen molar-refractivity contribution in [1.82, 2.24) is 33.8 Å². The van der Waals surface area contributed by atoms with Gasteiger partial charge >= 0.3 is 11.7 Å². The number of piperidine rings is 1. The number of ether oxygens (including phenoxy) is 1. The molecule has 5 heterocycles. The smallest absolute Gasteiger partial charge is 0.361 e. The second kappa shape index (κ2) is 14.5. The average Bonchev–Trinajstić information content (AvgIpc) is 3.56. The van der Waals surface area contributed by atoms with E-state index in [9.17, 15) is 24.0 Å². The monoisotopic (exact) mass is 692 g/mol. The third kappa shape index (κ3) is 6.94. The minimum absolute atomic E-state index is 0.0613. The van der Waals surface area contributed by atoms with Crippen molar-refractivity contribution in [2.45, 2.75) is 59.4 Å². The molecule has 1 aliphatic rings. The third-order valence-electron chi connectivity index (χ3n) is 9.02. The van der Waals surface area contributed by atoms with Gasteiger partial charge in [-0.05, 0) is 81.0 Å². The number of pyridine rings is 2. The number of nitrogens with one attached hydrogen (secondary N) is 1. The highest BCUT2D eigenvalue weighted by atomic mass is 16.5. The molecule has 0 unspecified atom stereocenters. The van der Waals surface area contributed by atoms with Gasteiger partial charge in [0.05, 0.1) is 6.61 Å². The summed E-state index contributed by atoms with van der Waals surface area (Å²) in [4.78, 5) is 71.8. The average molecular weight is 693 g/mol. The van der Waals surface area contributed by atoms with Crippen LogP contribution in [0.5, 0.6) is 0 Å². The SMILES string of the molecule is CCOC(=O)c1nnn2cc(C3CCN(C(=O)C(C)C)CC3)cc(-c3ccc(NC(=O)c4cn(C(C)C)c(=O)n(-c5ccccn5)c4=O)cc3)c12. The molecule has 14 heteroatoms. The van der Waals surface area contributed by atoms with Crippen LogP contribution in [0.1, 0.15) is 85.8 Å². The van der Waals surface area contributed by atoms with Crippen LogP contribution in [0, 0.1) is 5.92 Å². The van der Waals surface area contributed by atoms with E-state index < -0.39 is 23.1 Å². The molecule has 1 saturated heterocycles. The maximum Gasteiger partial charge on any atom is 0.361 e. The van der Waals surface area contributed by atoms with Crippen molar-refractivity contribution in [3.8, 4) is 16.9 Å². The number of esters is 1. The molecule has 6 rings (SSSR count). The highest BCUT2D eigenvalue weighted by molar-refractivity contribution is 6.04. The maximum absolute atomic E-state index is 13.5. The summed E-state index contributed by atoms with van der Waals surface area (Å²) in [5.74, 6) is -0.933. The molecule has 0 bridgehead atoms. The van der Waals surface area contributed by atoms with Gasteiger partial charge in [0.15, 0.2) is 5.69 Å². The Balaban J connectivity index is 1.33. The van der Waals surface area contributed by atoms with Crippen molar-refractivity contribution in [3.63, 3.8) is 0 Å². The summed E-state index contributed by atoms with van der Waals surface area (Å²) in [6.07, 6.45) is 6.17. The van der Waals surface area contributed by atoms with E-state index >= 15 is 0 Å². The summed E-state index contributed by atoms with van der Waals surface area (Å²) < 4.78 is 9.08. The fourth-order valence-electron chi connectivity index (χ4n) is 6.34. The lowest BCUT2D eigenvalue weighted by Gasteiger charge is -2.33. The first-order chi connectivity index (χ1) is 24.5. The molecule has 0 aliphatic carbocycles. The molecule has 0 spiro atoms. The summed E-state index contributed by atoms with van der Waals surface area (Å²) in [5, 5.41) is 11.2. The van der Waals surface area contributed by atoms with Crippen molar-refractivity contribution < 1.29 is 19.1 Å². The molecule has 4 aromatic heterocycles. The van der Waals surface area contributed by atoms with E-state index in [1.807, 2.05) is 31.0 Å². The van der Waals surface area contributed by atoms with Crippen LogP contribution in [0.2, 0.25) is 0 Å². The predicted molar refractivity (Wildman–Crippen MR) is 190 cm³/mol. The fourth-order valence-corrected chi connectivity index (χ4v) is 6.34. The molecule has 14 nitrogen and oxygen atoms in total. The van der Waals surface area contributed by atoms with Gasteiger partial charge in [0.2, 0.25) is 5.91 Å². The number of amides is 2. The summed E-state index contributed by atoms with van der Waals surface area (Å²) in [6.45, 7) is 10.6. The molecule has 1 aliphatic heterocycles. The second-order valence-electron chi connectivity index (χ2n) is 13.1. The predicted octanol–water partition coefficient (Wildman–Crippen LogP) is 4.48. The first kappa shape index (κ1) is 34.9. The number of likely N-dealkylation sites (tertiary alicyclic amines) is 1. The van der Waals surface area contributed by atoms with E-state index in [1.165, 1.54) is 23.0 Å². The zero-order valence-electron chi connectivity index (χ0n) is 29.2. The Morgan fingerprint density at radius 2 is 1.71 bits per heavy atom. The minimum atomic E-state index is -0.789. The van der Waals surface area contributed by atoms with E-state index in [2.05, 4.69) is 20.6 Å². The molecule has 1 fully saturated rings. The van der Waals surface area contributed by atoms with Crippen LogP contribution in [-0.2, 0) is 9.53 Å². The number of anilines is 1. The van der Waals surface area contributed by atoms with Gasteiger partial charge in [-0.1, -0.05) is 37.3 Å². The first-order valence-corrected chi connectivity index (χ1v) is 17.0. The topological polar surface area (TPSA) is 163 Å². The van der Waals surface area contributed by atoms with Crippen LogP contribution in [0.25, 0.3) is 22.5 Å². The van der Waals surface area contributed by atoms with Gasteiger partial charge in [0.1, 0.15) is 16.9 Å². The summed E-state index contributed by atoms with van der Waals surface area (Å²) in [7, 11) is 0. The van der Waals surface area contributed by atoms with Crippen LogP contribution in [0.3, 0.4) is 0 Å². The van der Waals surface area contributed by atoms with Crippen LogP contribution >= 0.6 is 0 Å². The summed E-state index contributed by atoms with van der Waals surface area (Å²) >= 11 is 0. The van der Waals surface area contributed by atoms with E-state index in [1.54, 1.807) is 61.7 Å². The number of carbonyl (C=O) groups excluding carboxylic acids is 3. The standard InChI is InChI=1S/C37H40N8O6/c1-6-51-36(49)31-32-28(19-26(20-44(32)41-40-31)24-14-17-42(18-15-24)34(47)22(2)3)25-10-12-27(13-11-25)39-33(46)29-21-43(23(4)5)37(50)45(35(29)48)30-9-7-8-16-38-30/h7-13,16,19-24H,6,14-15,17-18H2,1-5H3,(H,39,46). The number of benzene rings is 1. The minimum Gasteiger partial charge on any atom is -0.461 e. The Morgan fingerprint density at radius 3 is 2.33 bits per heavy atom. The summed E-state index contributed by atoms with van der Waals surface area (Å²) in [6, 6.07) is 13.5. The largest absolute Gasteiger partial charge is 0.461 e. The fraction of sp³-hybridized carbons (Fsp3) is 0.351. The van der Waals surface area contributed by atoms with Gasteiger partial charge < -0.3 is 15.0 Å². The Kier molecular flexibility index (Phi) is 9.94. The maximum atomic E-state index is 13.5. The Labute approximate surface area is 293 Å². The number of rotatable bonds is 9. The van der Waals surface area contributed by atoms with E-state index in [0.29, 0.717) is 29.9 Å². The molecule has 1 aromatic carbocycles. The lowest BCUT2D eigenvalue weighted by molar-refractivity contribution is -0.135. The summed E-state index contributed by atoms with van der Waals surface area (Å²) in [5.41, 5.74) is 1.77. The van der Waals surface area contributed by atoms with Crippen LogP contribution in [0.4, 0.5) is 5.69 Å². The van der Waals surface area contributed by atoms with Crippen molar-refractivity contribution in [1.29, 1.82) is 0 Å². The van der Waals surface area contributed by atoms with Crippen LogP contribution in [0.15, 0.2) is 76.7 Å². The molecule has 264 valence electrons. The van der Waals surface area contributed by atoms with Crippen molar-refractivity contribution >= 4 is 29.0 Å². The van der Waals surface area contributed by atoms with Gasteiger partial charge in [0, 0.05) is 54.9 Å². The molecular weight excluding hydrogens is 652 g/mol. The molecule has 0 atom stereocenters. The molecular formula is C37H40N8O6. The number of hydrogen-bond donors (Lipinski definition) is 1. The van der Waals surface area contributed by atoms with Gasteiger partial charge in [-0.3, -0.25) is 19.0 Å². The highest BCUT2D eigenvalue weighted by Crippen LogP contribution is 2.35.